The highest BCUT2D eigenvalue weighted by molar-refractivity contribution is 7.26. The zero-order valence-corrected chi connectivity index (χ0v) is 71.0. The maximum Gasteiger partial charge on any atom is 0.164 e. The molecule has 0 aliphatic rings. The van der Waals surface area contributed by atoms with E-state index in [0.29, 0.717) is 52.4 Å². The molecule has 0 aliphatic carbocycles. The van der Waals surface area contributed by atoms with Crippen molar-refractivity contribution < 1.29 is 4.42 Å². The van der Waals surface area contributed by atoms with Crippen molar-refractivity contribution in [3.8, 4) is 147 Å². The normalized spacial score (nSPS) is 11.4. The average Bonchev–Trinajstić information content (AvgIpc) is 1.73. The molecular weight excluding hydrogens is 1610 g/mol. The van der Waals surface area contributed by atoms with Crippen molar-refractivity contribution >= 4 is 117 Å². The average molecular weight is 1690 g/mol. The first-order valence-corrected chi connectivity index (χ1v) is 44.6. The molecule has 0 spiro atoms. The third-order valence-corrected chi connectivity index (χ3v) is 26.3. The summed E-state index contributed by atoms with van der Waals surface area (Å²) in [6.07, 6.45) is 0. The number of furan rings is 1. The van der Waals surface area contributed by atoms with Gasteiger partial charge in [0.05, 0.1) is 0 Å². The lowest BCUT2D eigenvalue weighted by molar-refractivity contribution is 0.669. The number of hydrogen-bond acceptors (Lipinski definition) is 12. The van der Waals surface area contributed by atoms with E-state index >= 15 is 0 Å². The zero-order valence-electron chi connectivity index (χ0n) is 69.4. The summed E-state index contributed by atoms with van der Waals surface area (Å²) < 4.78 is 11.5. The van der Waals surface area contributed by atoms with Crippen LogP contribution in [0.3, 0.4) is 0 Å². The number of aromatic nitrogens is 9. The molecule has 12 heteroatoms. The zero-order chi connectivity index (χ0) is 85.5. The van der Waals surface area contributed by atoms with Crippen LogP contribution in [-0.2, 0) is 0 Å². The third-order valence-electron chi connectivity index (χ3n) is 23.9. The number of nitrogens with zero attached hydrogens (tertiary/aromatic N) is 9. The van der Waals surface area contributed by atoms with Gasteiger partial charge in [0.25, 0.3) is 0 Å². The Balaban J connectivity index is 0.000000111. The minimum Gasteiger partial charge on any atom is -0.456 e. The van der Waals surface area contributed by atoms with Crippen molar-refractivity contribution in [3.63, 3.8) is 0 Å². The fourth-order valence-corrected chi connectivity index (χ4v) is 19.9. The number of para-hydroxylation sites is 1. The van der Waals surface area contributed by atoms with Gasteiger partial charge in [-0.15, -0.1) is 22.7 Å². The maximum atomic E-state index is 6.24. The van der Waals surface area contributed by atoms with Gasteiger partial charge >= 0.3 is 0 Å². The Morgan fingerprint density at radius 3 is 0.868 bits per heavy atom. The second-order valence-electron chi connectivity index (χ2n) is 31.7. The van der Waals surface area contributed by atoms with Gasteiger partial charge in [-0.25, -0.2) is 44.9 Å². The molecule has 604 valence electrons. The summed E-state index contributed by atoms with van der Waals surface area (Å²) in [6, 6.07) is 153. The number of thiophene rings is 2. The molecule has 0 N–H and O–H groups in total. The summed E-state index contributed by atoms with van der Waals surface area (Å²) in [7, 11) is 0. The summed E-state index contributed by atoms with van der Waals surface area (Å²) in [5.74, 6) is 5.90. The largest absolute Gasteiger partial charge is 0.456 e. The van der Waals surface area contributed by atoms with Crippen molar-refractivity contribution in [1.29, 1.82) is 0 Å². The Morgan fingerprint density at radius 1 is 0.140 bits per heavy atom. The summed E-state index contributed by atoms with van der Waals surface area (Å²) in [5.41, 5.74) is 19.8. The van der Waals surface area contributed by atoms with Gasteiger partial charge in [-0.1, -0.05) is 382 Å². The molecule has 0 atom stereocenters. The number of rotatable bonds is 13. The smallest absolute Gasteiger partial charge is 0.164 e. The fourth-order valence-electron chi connectivity index (χ4n) is 17.6. The molecule has 0 amide bonds. The van der Waals surface area contributed by atoms with Crippen molar-refractivity contribution in [2.75, 3.05) is 0 Å². The first-order valence-electron chi connectivity index (χ1n) is 43.0. The van der Waals surface area contributed by atoms with Crippen molar-refractivity contribution in [2.24, 2.45) is 0 Å². The Hall–Kier alpha value is -16.8. The van der Waals surface area contributed by atoms with Gasteiger partial charge in [0.15, 0.2) is 52.4 Å². The predicted molar refractivity (Wildman–Crippen MR) is 536 cm³/mol. The summed E-state index contributed by atoms with van der Waals surface area (Å²) >= 11 is 3.70. The van der Waals surface area contributed by atoms with Gasteiger partial charge < -0.3 is 4.42 Å². The van der Waals surface area contributed by atoms with Gasteiger partial charge in [-0.3, -0.25) is 0 Å². The van der Waals surface area contributed by atoms with E-state index < -0.39 is 0 Å². The first kappa shape index (κ1) is 77.1. The Kier molecular flexibility index (Phi) is 20.1. The molecule has 0 fully saturated rings. The standard InChI is InChI=1S/C43H27N3O.2C37H23N3S/c1-3-11-28(12-4-1)29-19-21-31(22-20-29)42-44-41(30-13-5-2-6-14-30)45-43(46-42)38-26-25-33(34-15-7-8-16-35(34)38)32-23-24-37-36-17-9-10-18-39(36)47-40(37)27-32;1-3-12-24(13-4-1)35-38-36(25-14-5-2-6-15-25)40-37(39-35)32-23-22-28(26-16-7-8-17-27(26)32)30-19-11-20-31-29-18-9-10-21-33(29)41-34(30)31;1-3-11-24(12-4-1)35-38-36(25-13-5-2-6-14-25)40-37(39-35)31-21-20-27(28-15-7-8-16-29(28)31)26-19-22-34-32(23-26)30-17-9-10-18-33(30)41-34/h1-27H;2*1-23H. The van der Waals surface area contributed by atoms with E-state index in [2.05, 4.69) is 267 Å². The Bertz CT molecular complexity index is 8420. The van der Waals surface area contributed by atoms with Gasteiger partial charge in [-0.05, 0) is 132 Å². The highest BCUT2D eigenvalue weighted by Gasteiger charge is 2.23. The molecule has 129 heavy (non-hydrogen) atoms. The monoisotopic (exact) mass is 1680 g/mol. The third kappa shape index (κ3) is 14.9. The van der Waals surface area contributed by atoms with E-state index in [4.69, 9.17) is 49.3 Å². The van der Waals surface area contributed by atoms with Gasteiger partial charge in [0.1, 0.15) is 11.2 Å². The molecule has 10 nitrogen and oxygen atoms in total. The topological polar surface area (TPSA) is 129 Å². The molecule has 0 saturated carbocycles. The molecule has 0 radical (unpaired) electrons. The first-order chi connectivity index (χ1) is 63.9. The number of hydrogen-bond donors (Lipinski definition) is 0. The van der Waals surface area contributed by atoms with Crippen LogP contribution < -0.4 is 0 Å². The molecular formula is C117H73N9OS2. The minimum atomic E-state index is 0.636. The van der Waals surface area contributed by atoms with Gasteiger partial charge in [0, 0.05) is 107 Å². The van der Waals surface area contributed by atoms with Crippen LogP contribution in [0, 0.1) is 0 Å². The predicted octanol–water partition coefficient (Wildman–Crippen LogP) is 31.4. The SMILES string of the molecule is c1ccc(-c2ccc(-c3nc(-c4ccccc4)nc(-c4ccc(-c5ccc6c(c5)oc5ccccc56)c5ccccc45)n3)cc2)cc1.c1ccc(-c2nc(-c3ccccc3)nc(-c3ccc(-c4ccc5sc6ccccc6c5c4)c4ccccc34)n2)cc1.c1ccc(-c2nc(-c3ccccc3)nc(-c3ccc(-c4cccc5c4sc4ccccc45)c4ccccc34)n2)cc1. The summed E-state index contributed by atoms with van der Waals surface area (Å²) in [4.78, 5) is 44.9. The Labute approximate surface area is 750 Å². The van der Waals surface area contributed by atoms with Gasteiger partial charge in [-0.2, -0.15) is 0 Å². The highest BCUT2D eigenvalue weighted by atomic mass is 32.1. The summed E-state index contributed by atoms with van der Waals surface area (Å²) in [6.45, 7) is 0. The molecule has 25 rings (SSSR count). The van der Waals surface area contributed by atoms with Crippen molar-refractivity contribution in [1.82, 2.24) is 44.9 Å². The van der Waals surface area contributed by atoms with Crippen LogP contribution >= 0.6 is 22.7 Å². The fraction of sp³-hybridized carbons (Fsp3) is 0. The highest BCUT2D eigenvalue weighted by Crippen LogP contribution is 2.46. The second-order valence-corrected chi connectivity index (χ2v) is 33.8. The van der Waals surface area contributed by atoms with Gasteiger partial charge in [0.2, 0.25) is 0 Å². The summed E-state index contributed by atoms with van der Waals surface area (Å²) in [5, 5.41) is 14.2. The van der Waals surface area contributed by atoms with E-state index in [9.17, 15) is 0 Å². The minimum absolute atomic E-state index is 0.636. The molecule has 19 aromatic carbocycles. The quantitative estimate of drug-likeness (QED) is 0.110. The molecule has 0 unspecified atom stereocenters. The molecule has 25 aromatic rings. The van der Waals surface area contributed by atoms with Crippen LogP contribution in [0.1, 0.15) is 0 Å². The molecule has 6 heterocycles. The molecule has 0 bridgehead atoms. The number of fused-ring (bicyclic) bond motifs is 12. The number of benzene rings is 19. The van der Waals surface area contributed by atoms with E-state index in [1.807, 2.05) is 199 Å². The van der Waals surface area contributed by atoms with E-state index in [0.717, 1.165) is 110 Å². The maximum absolute atomic E-state index is 6.24. The van der Waals surface area contributed by atoms with Crippen LogP contribution in [0.2, 0.25) is 0 Å². The molecule has 6 aromatic heterocycles. The van der Waals surface area contributed by atoms with Crippen LogP contribution in [0.25, 0.3) is 242 Å². The lowest BCUT2D eigenvalue weighted by atomic mass is 9.94. The lowest BCUT2D eigenvalue weighted by Crippen LogP contribution is -2.00. The van der Waals surface area contributed by atoms with Crippen molar-refractivity contribution in [2.45, 2.75) is 0 Å². The molecule has 0 aliphatic heterocycles. The van der Waals surface area contributed by atoms with E-state index in [-0.39, 0.29) is 0 Å². The van der Waals surface area contributed by atoms with Crippen LogP contribution in [0.4, 0.5) is 0 Å². The van der Waals surface area contributed by atoms with Crippen LogP contribution in [-0.4, -0.2) is 44.9 Å². The molecule has 0 saturated heterocycles. The van der Waals surface area contributed by atoms with E-state index in [1.54, 1.807) is 0 Å². The van der Waals surface area contributed by atoms with Crippen molar-refractivity contribution in [3.05, 3.63) is 443 Å². The van der Waals surface area contributed by atoms with Crippen LogP contribution in [0.5, 0.6) is 0 Å². The second kappa shape index (κ2) is 33.7. The Morgan fingerprint density at radius 2 is 0.419 bits per heavy atom. The van der Waals surface area contributed by atoms with Crippen LogP contribution in [0.15, 0.2) is 447 Å². The van der Waals surface area contributed by atoms with E-state index in [1.165, 1.54) is 78.9 Å². The lowest BCUT2D eigenvalue weighted by Gasteiger charge is -2.13.